The van der Waals surface area contributed by atoms with Crippen LogP contribution in [0, 0.1) is 0 Å². The summed E-state index contributed by atoms with van der Waals surface area (Å²) in [5.74, 6) is 1.03. The van der Waals surface area contributed by atoms with Gasteiger partial charge in [0.2, 0.25) is 5.75 Å². The van der Waals surface area contributed by atoms with E-state index in [-0.39, 0.29) is 18.3 Å². The van der Waals surface area contributed by atoms with Crippen LogP contribution in [0.15, 0.2) is 12.1 Å². The standard InChI is InChI=1S/C15H24N2O5.ClH/c1-19-10-9-16-7-8-17-15(18)11-5-6-12(20-2)14(22-4)13(11)21-3;/h5-6,16H,7-10H2,1-4H3,(H,17,18);1H. The van der Waals surface area contributed by atoms with E-state index < -0.39 is 0 Å². The number of benzene rings is 1. The predicted octanol–water partition coefficient (Wildman–Crippen LogP) is 1.10. The van der Waals surface area contributed by atoms with Gasteiger partial charge in [-0.1, -0.05) is 0 Å². The quantitative estimate of drug-likeness (QED) is 0.617. The highest BCUT2D eigenvalue weighted by atomic mass is 35.5. The number of halogens is 1. The van der Waals surface area contributed by atoms with Gasteiger partial charge in [0.25, 0.3) is 5.91 Å². The minimum Gasteiger partial charge on any atom is -0.493 e. The Morgan fingerprint density at radius 1 is 0.957 bits per heavy atom. The Morgan fingerprint density at radius 2 is 1.65 bits per heavy atom. The molecule has 8 heteroatoms. The van der Waals surface area contributed by atoms with Gasteiger partial charge < -0.3 is 29.6 Å². The number of ether oxygens (including phenoxy) is 4. The summed E-state index contributed by atoms with van der Waals surface area (Å²) in [6, 6.07) is 3.32. The zero-order valence-corrected chi connectivity index (χ0v) is 14.7. The van der Waals surface area contributed by atoms with Crippen molar-refractivity contribution >= 4 is 18.3 Å². The number of nitrogens with one attached hydrogen (secondary N) is 2. The van der Waals surface area contributed by atoms with Crippen molar-refractivity contribution in [1.82, 2.24) is 10.6 Å². The third-order valence-corrected chi connectivity index (χ3v) is 3.02. The van der Waals surface area contributed by atoms with E-state index in [9.17, 15) is 4.79 Å². The molecule has 0 saturated heterocycles. The Bertz CT molecular complexity index is 485. The van der Waals surface area contributed by atoms with Gasteiger partial charge in [0.1, 0.15) is 0 Å². The van der Waals surface area contributed by atoms with Crippen LogP contribution in [-0.4, -0.2) is 60.6 Å². The fourth-order valence-electron chi connectivity index (χ4n) is 1.94. The average molecular weight is 349 g/mol. The fourth-order valence-corrected chi connectivity index (χ4v) is 1.94. The molecule has 1 aromatic rings. The van der Waals surface area contributed by atoms with E-state index >= 15 is 0 Å². The third-order valence-electron chi connectivity index (χ3n) is 3.02. The van der Waals surface area contributed by atoms with Gasteiger partial charge in [-0.2, -0.15) is 0 Å². The molecule has 7 nitrogen and oxygen atoms in total. The van der Waals surface area contributed by atoms with Crippen LogP contribution in [0.1, 0.15) is 10.4 Å². The largest absolute Gasteiger partial charge is 0.493 e. The molecule has 0 fully saturated rings. The van der Waals surface area contributed by atoms with Crippen molar-refractivity contribution in [3.8, 4) is 17.2 Å². The molecule has 0 atom stereocenters. The lowest BCUT2D eigenvalue weighted by Crippen LogP contribution is -2.33. The topological polar surface area (TPSA) is 78.1 Å². The van der Waals surface area contributed by atoms with Gasteiger partial charge >= 0.3 is 0 Å². The van der Waals surface area contributed by atoms with Gasteiger partial charge in [0.05, 0.1) is 33.5 Å². The monoisotopic (exact) mass is 348 g/mol. The summed E-state index contributed by atoms with van der Waals surface area (Å²) in [6.07, 6.45) is 0. The first-order chi connectivity index (χ1) is 10.7. The summed E-state index contributed by atoms with van der Waals surface area (Å²) < 4.78 is 20.7. The van der Waals surface area contributed by atoms with E-state index in [4.69, 9.17) is 18.9 Å². The Kier molecular flexibility index (Phi) is 10.9. The first-order valence-electron chi connectivity index (χ1n) is 6.96. The lowest BCUT2D eigenvalue weighted by atomic mass is 10.1. The smallest absolute Gasteiger partial charge is 0.255 e. The number of rotatable bonds is 10. The Morgan fingerprint density at radius 3 is 2.22 bits per heavy atom. The van der Waals surface area contributed by atoms with Gasteiger partial charge in [-0.15, -0.1) is 12.4 Å². The molecule has 0 unspecified atom stereocenters. The lowest BCUT2D eigenvalue weighted by Gasteiger charge is -2.15. The van der Waals surface area contributed by atoms with Crippen LogP contribution in [0.4, 0.5) is 0 Å². The Balaban J connectivity index is 0.00000484. The molecule has 0 aliphatic carbocycles. The normalized spacial score (nSPS) is 9.74. The summed E-state index contributed by atoms with van der Waals surface area (Å²) in [6.45, 7) is 2.54. The third kappa shape index (κ3) is 6.13. The first kappa shape index (κ1) is 21.3. The minimum atomic E-state index is -0.230. The molecule has 1 amide bonds. The lowest BCUT2D eigenvalue weighted by molar-refractivity contribution is 0.0950. The SMILES string of the molecule is COCCNCCNC(=O)c1ccc(OC)c(OC)c1OC.Cl. The van der Waals surface area contributed by atoms with Crippen LogP contribution >= 0.6 is 12.4 Å². The zero-order valence-electron chi connectivity index (χ0n) is 13.9. The molecular formula is C15H25ClN2O5. The maximum absolute atomic E-state index is 12.2. The highest BCUT2D eigenvalue weighted by Crippen LogP contribution is 2.39. The van der Waals surface area contributed by atoms with Crippen molar-refractivity contribution in [2.75, 3.05) is 54.7 Å². The summed E-state index contributed by atoms with van der Waals surface area (Å²) in [5.41, 5.74) is 0.400. The van der Waals surface area contributed by atoms with Crippen molar-refractivity contribution in [3.05, 3.63) is 17.7 Å². The second-order valence-corrected chi connectivity index (χ2v) is 4.38. The van der Waals surface area contributed by atoms with Crippen molar-refractivity contribution in [2.45, 2.75) is 0 Å². The van der Waals surface area contributed by atoms with Crippen LogP contribution in [0.2, 0.25) is 0 Å². The van der Waals surface area contributed by atoms with E-state index in [1.807, 2.05) is 0 Å². The van der Waals surface area contributed by atoms with Crippen LogP contribution in [0.3, 0.4) is 0 Å². The Labute approximate surface area is 143 Å². The molecule has 2 N–H and O–H groups in total. The van der Waals surface area contributed by atoms with Crippen LogP contribution < -0.4 is 24.8 Å². The highest BCUT2D eigenvalue weighted by molar-refractivity contribution is 5.98. The summed E-state index contributed by atoms with van der Waals surface area (Å²) in [7, 11) is 6.16. The van der Waals surface area contributed by atoms with Crippen molar-refractivity contribution in [1.29, 1.82) is 0 Å². The second-order valence-electron chi connectivity index (χ2n) is 4.38. The molecule has 0 aliphatic rings. The number of methoxy groups -OCH3 is 4. The highest BCUT2D eigenvalue weighted by Gasteiger charge is 2.20. The van der Waals surface area contributed by atoms with Gasteiger partial charge in [0.15, 0.2) is 11.5 Å². The van der Waals surface area contributed by atoms with Crippen LogP contribution in [0.5, 0.6) is 17.2 Å². The molecular weight excluding hydrogens is 324 g/mol. The molecule has 0 bridgehead atoms. The van der Waals surface area contributed by atoms with E-state index in [0.717, 1.165) is 6.54 Å². The molecule has 1 rings (SSSR count). The molecule has 132 valence electrons. The maximum Gasteiger partial charge on any atom is 0.255 e. The van der Waals surface area contributed by atoms with Gasteiger partial charge in [-0.25, -0.2) is 0 Å². The van der Waals surface area contributed by atoms with E-state index in [1.165, 1.54) is 21.3 Å². The van der Waals surface area contributed by atoms with E-state index in [2.05, 4.69) is 10.6 Å². The van der Waals surface area contributed by atoms with E-state index in [0.29, 0.717) is 42.5 Å². The minimum absolute atomic E-state index is 0. The number of amides is 1. The summed E-state index contributed by atoms with van der Waals surface area (Å²) in [4.78, 5) is 12.2. The maximum atomic E-state index is 12.2. The zero-order chi connectivity index (χ0) is 16.4. The molecule has 23 heavy (non-hydrogen) atoms. The number of carbonyl (C=O) groups is 1. The van der Waals surface area contributed by atoms with Gasteiger partial charge in [0, 0.05) is 26.7 Å². The predicted molar refractivity (Wildman–Crippen MR) is 90.4 cm³/mol. The molecule has 0 aliphatic heterocycles. The molecule has 0 saturated carbocycles. The molecule has 0 spiro atoms. The number of carbonyl (C=O) groups excluding carboxylic acids is 1. The summed E-state index contributed by atoms with van der Waals surface area (Å²) in [5, 5.41) is 5.97. The second kappa shape index (κ2) is 11.8. The van der Waals surface area contributed by atoms with Crippen molar-refractivity contribution in [2.24, 2.45) is 0 Å². The van der Waals surface area contributed by atoms with Crippen LogP contribution in [-0.2, 0) is 4.74 Å². The van der Waals surface area contributed by atoms with E-state index in [1.54, 1.807) is 19.2 Å². The molecule has 1 aromatic carbocycles. The average Bonchev–Trinajstić information content (AvgIpc) is 2.56. The van der Waals surface area contributed by atoms with Gasteiger partial charge in [-0.3, -0.25) is 4.79 Å². The number of hydrogen-bond acceptors (Lipinski definition) is 6. The first-order valence-corrected chi connectivity index (χ1v) is 6.96. The van der Waals surface area contributed by atoms with Crippen LogP contribution in [0.25, 0.3) is 0 Å². The number of hydrogen-bond donors (Lipinski definition) is 2. The van der Waals surface area contributed by atoms with Gasteiger partial charge in [-0.05, 0) is 12.1 Å². The molecule has 0 radical (unpaired) electrons. The molecule has 0 heterocycles. The molecule has 0 aromatic heterocycles. The fraction of sp³-hybridized carbons (Fsp3) is 0.533. The van der Waals surface area contributed by atoms with Crippen molar-refractivity contribution < 1.29 is 23.7 Å². The Hall–Kier alpha value is -1.70. The summed E-state index contributed by atoms with van der Waals surface area (Å²) >= 11 is 0. The van der Waals surface area contributed by atoms with Crippen molar-refractivity contribution in [3.63, 3.8) is 0 Å².